The number of carbonyl (C=O) groups is 1. The summed E-state index contributed by atoms with van der Waals surface area (Å²) in [5.74, 6) is -0.0130. The van der Waals surface area contributed by atoms with Gasteiger partial charge in [0.15, 0.2) is 0 Å². The summed E-state index contributed by atoms with van der Waals surface area (Å²) in [6.07, 6.45) is 0. The van der Waals surface area contributed by atoms with Crippen LogP contribution in [0.15, 0.2) is 24.3 Å². The molecular weight excluding hydrogens is 188 g/mol. The van der Waals surface area contributed by atoms with Crippen molar-refractivity contribution in [1.82, 2.24) is 10.6 Å². The monoisotopic (exact) mass is 206 g/mol. The average molecular weight is 206 g/mol. The van der Waals surface area contributed by atoms with E-state index in [2.05, 4.69) is 10.6 Å². The van der Waals surface area contributed by atoms with Crippen LogP contribution in [-0.4, -0.2) is 19.0 Å². The van der Waals surface area contributed by atoms with E-state index >= 15 is 0 Å². The Hall–Kier alpha value is -1.35. The second-order valence-corrected chi connectivity index (χ2v) is 3.86. The minimum atomic E-state index is -0.0130. The van der Waals surface area contributed by atoms with Crippen LogP contribution in [0.5, 0.6) is 0 Å². The maximum Gasteiger partial charge on any atom is 0.251 e. The van der Waals surface area contributed by atoms with Gasteiger partial charge >= 0.3 is 0 Å². The van der Waals surface area contributed by atoms with Gasteiger partial charge in [0.1, 0.15) is 0 Å². The van der Waals surface area contributed by atoms with Crippen molar-refractivity contribution in [2.45, 2.75) is 26.4 Å². The lowest BCUT2D eigenvalue weighted by atomic mass is 10.1. The molecule has 0 saturated heterocycles. The van der Waals surface area contributed by atoms with E-state index in [4.69, 9.17) is 0 Å². The largest absolute Gasteiger partial charge is 0.350 e. The molecule has 1 aromatic carbocycles. The maximum atomic E-state index is 11.6. The summed E-state index contributed by atoms with van der Waals surface area (Å²) in [5.41, 5.74) is 1.89. The van der Waals surface area contributed by atoms with Crippen LogP contribution in [0.3, 0.4) is 0 Å². The first-order valence-corrected chi connectivity index (χ1v) is 5.18. The average Bonchev–Trinajstić information content (AvgIpc) is 2.18. The normalized spacial score (nSPS) is 10.4. The Kier molecular flexibility index (Phi) is 4.31. The Bertz CT molecular complexity index is 317. The van der Waals surface area contributed by atoms with E-state index in [9.17, 15) is 4.79 Å². The fourth-order valence-electron chi connectivity index (χ4n) is 1.32. The molecule has 0 atom stereocenters. The predicted molar refractivity (Wildman–Crippen MR) is 61.8 cm³/mol. The van der Waals surface area contributed by atoms with Gasteiger partial charge in [-0.3, -0.25) is 4.79 Å². The van der Waals surface area contributed by atoms with Gasteiger partial charge < -0.3 is 10.6 Å². The van der Waals surface area contributed by atoms with Gasteiger partial charge in [-0.2, -0.15) is 0 Å². The van der Waals surface area contributed by atoms with Crippen molar-refractivity contribution in [2.24, 2.45) is 0 Å². The minimum absolute atomic E-state index is 0.0130. The van der Waals surface area contributed by atoms with Crippen LogP contribution in [0.1, 0.15) is 29.8 Å². The van der Waals surface area contributed by atoms with Crippen molar-refractivity contribution >= 4 is 5.91 Å². The summed E-state index contributed by atoms with van der Waals surface area (Å²) in [5, 5.41) is 5.92. The second kappa shape index (κ2) is 5.51. The molecule has 3 heteroatoms. The zero-order chi connectivity index (χ0) is 11.3. The lowest BCUT2D eigenvalue weighted by molar-refractivity contribution is 0.0943. The molecule has 2 N–H and O–H groups in total. The third-order valence-corrected chi connectivity index (χ3v) is 2.02. The molecule has 3 nitrogen and oxygen atoms in total. The zero-order valence-electron chi connectivity index (χ0n) is 9.50. The van der Waals surface area contributed by atoms with Crippen LogP contribution in [0.2, 0.25) is 0 Å². The molecule has 1 aromatic rings. The van der Waals surface area contributed by atoms with Crippen LogP contribution in [0, 0.1) is 0 Å². The zero-order valence-corrected chi connectivity index (χ0v) is 9.50. The van der Waals surface area contributed by atoms with Gasteiger partial charge in [-0.1, -0.05) is 12.1 Å². The Morgan fingerprint density at radius 1 is 1.27 bits per heavy atom. The summed E-state index contributed by atoms with van der Waals surface area (Å²) >= 11 is 0. The van der Waals surface area contributed by atoms with Gasteiger partial charge in [-0.25, -0.2) is 0 Å². The molecule has 0 heterocycles. The molecule has 82 valence electrons. The summed E-state index contributed by atoms with van der Waals surface area (Å²) in [4.78, 5) is 11.6. The third-order valence-electron chi connectivity index (χ3n) is 2.02. The lowest BCUT2D eigenvalue weighted by Crippen LogP contribution is -2.30. The number of carbonyl (C=O) groups excluding carboxylic acids is 1. The highest BCUT2D eigenvalue weighted by Crippen LogP contribution is 2.04. The summed E-state index contributed by atoms with van der Waals surface area (Å²) in [6.45, 7) is 4.73. The number of rotatable bonds is 4. The molecule has 0 radical (unpaired) electrons. The molecule has 0 saturated carbocycles. The van der Waals surface area contributed by atoms with Gasteiger partial charge in [0.05, 0.1) is 0 Å². The van der Waals surface area contributed by atoms with Crippen molar-refractivity contribution in [1.29, 1.82) is 0 Å². The molecule has 0 spiro atoms. The number of hydrogen-bond acceptors (Lipinski definition) is 2. The first-order chi connectivity index (χ1) is 7.13. The molecule has 1 amide bonds. The lowest BCUT2D eigenvalue weighted by Gasteiger charge is -2.08. The Morgan fingerprint density at radius 3 is 2.33 bits per heavy atom. The minimum Gasteiger partial charge on any atom is -0.350 e. The molecule has 0 fully saturated rings. The maximum absolute atomic E-state index is 11.6. The fraction of sp³-hybridized carbons (Fsp3) is 0.417. The molecule has 0 aliphatic carbocycles. The smallest absolute Gasteiger partial charge is 0.251 e. The Labute approximate surface area is 90.9 Å². The standard InChI is InChI=1S/C12H18N2O/c1-9(2)14-12(15)11-6-4-10(5-7-11)8-13-3/h4-7,9,13H,8H2,1-3H3,(H,14,15). The Morgan fingerprint density at radius 2 is 1.87 bits per heavy atom. The second-order valence-electron chi connectivity index (χ2n) is 3.86. The van der Waals surface area contributed by atoms with Crippen LogP contribution >= 0.6 is 0 Å². The van der Waals surface area contributed by atoms with E-state index in [1.807, 2.05) is 45.2 Å². The first-order valence-electron chi connectivity index (χ1n) is 5.18. The molecule has 0 bridgehead atoms. The molecule has 0 aliphatic rings. The highest BCUT2D eigenvalue weighted by Gasteiger charge is 2.05. The van der Waals surface area contributed by atoms with Crippen molar-refractivity contribution in [3.05, 3.63) is 35.4 Å². The number of nitrogens with one attached hydrogen (secondary N) is 2. The van der Waals surface area contributed by atoms with Gasteiger partial charge in [0.2, 0.25) is 0 Å². The Balaban J connectivity index is 2.67. The van der Waals surface area contributed by atoms with Crippen LogP contribution < -0.4 is 10.6 Å². The third kappa shape index (κ3) is 3.72. The number of benzene rings is 1. The van der Waals surface area contributed by atoms with Gasteiger partial charge in [-0.15, -0.1) is 0 Å². The highest BCUT2D eigenvalue weighted by atomic mass is 16.1. The summed E-state index contributed by atoms with van der Waals surface area (Å²) < 4.78 is 0. The van der Waals surface area contributed by atoms with Crippen LogP contribution in [0.25, 0.3) is 0 Å². The van der Waals surface area contributed by atoms with E-state index in [-0.39, 0.29) is 11.9 Å². The molecule has 0 aromatic heterocycles. The highest BCUT2D eigenvalue weighted by molar-refractivity contribution is 5.94. The van der Waals surface area contributed by atoms with E-state index in [0.717, 1.165) is 6.54 Å². The quantitative estimate of drug-likeness (QED) is 0.784. The van der Waals surface area contributed by atoms with Gasteiger partial charge in [0.25, 0.3) is 5.91 Å². The van der Waals surface area contributed by atoms with E-state index < -0.39 is 0 Å². The molecule has 0 aliphatic heterocycles. The van der Waals surface area contributed by atoms with Crippen LogP contribution in [0.4, 0.5) is 0 Å². The van der Waals surface area contributed by atoms with E-state index in [1.165, 1.54) is 5.56 Å². The molecular formula is C12H18N2O. The fourth-order valence-corrected chi connectivity index (χ4v) is 1.32. The van der Waals surface area contributed by atoms with E-state index in [1.54, 1.807) is 0 Å². The summed E-state index contributed by atoms with van der Waals surface area (Å²) in [6, 6.07) is 7.81. The van der Waals surface area contributed by atoms with Crippen molar-refractivity contribution in [3.8, 4) is 0 Å². The topological polar surface area (TPSA) is 41.1 Å². The number of hydrogen-bond donors (Lipinski definition) is 2. The molecule has 1 rings (SSSR count). The van der Waals surface area contributed by atoms with E-state index in [0.29, 0.717) is 5.56 Å². The first kappa shape index (κ1) is 11.7. The number of amides is 1. The molecule has 0 unspecified atom stereocenters. The molecule has 15 heavy (non-hydrogen) atoms. The SMILES string of the molecule is CNCc1ccc(C(=O)NC(C)C)cc1. The van der Waals surface area contributed by atoms with Crippen LogP contribution in [-0.2, 0) is 6.54 Å². The van der Waals surface area contributed by atoms with Gasteiger partial charge in [0, 0.05) is 18.2 Å². The van der Waals surface area contributed by atoms with Crippen molar-refractivity contribution in [3.63, 3.8) is 0 Å². The van der Waals surface area contributed by atoms with Crippen molar-refractivity contribution in [2.75, 3.05) is 7.05 Å². The predicted octanol–water partition coefficient (Wildman–Crippen LogP) is 1.54. The summed E-state index contributed by atoms with van der Waals surface area (Å²) in [7, 11) is 1.90. The van der Waals surface area contributed by atoms with Crippen molar-refractivity contribution < 1.29 is 4.79 Å². The van der Waals surface area contributed by atoms with Gasteiger partial charge in [-0.05, 0) is 38.6 Å².